The van der Waals surface area contributed by atoms with Crippen LogP contribution in [-0.2, 0) is 26.7 Å². The average molecular weight is 543 g/mol. The monoisotopic (exact) mass is 542 g/mol. The van der Waals surface area contributed by atoms with E-state index in [0.29, 0.717) is 50.7 Å². The first-order valence-corrected chi connectivity index (χ1v) is 15.8. The van der Waals surface area contributed by atoms with Crippen LogP contribution in [0.2, 0.25) is 0 Å². The van der Waals surface area contributed by atoms with Crippen molar-refractivity contribution in [3.8, 4) is 0 Å². The van der Waals surface area contributed by atoms with Crippen LogP contribution in [0.5, 0.6) is 0 Å². The largest absolute Gasteiger partial charge is 0.462 e. The van der Waals surface area contributed by atoms with Crippen LogP contribution in [0.15, 0.2) is 57.8 Å². The van der Waals surface area contributed by atoms with Gasteiger partial charge in [0.2, 0.25) is 20.0 Å². The topological polar surface area (TPSA) is 156 Å². The second-order valence-corrected chi connectivity index (χ2v) is 11.8. The molecular formula is C22H27N2O8PS2. The summed E-state index contributed by atoms with van der Waals surface area (Å²) in [7, 11) is -5.62. The Hall–Kier alpha value is -2.92. The Labute approximate surface area is 205 Å². The third-order valence-electron chi connectivity index (χ3n) is 4.25. The van der Waals surface area contributed by atoms with Gasteiger partial charge in [0, 0.05) is 16.3 Å². The van der Waals surface area contributed by atoms with Gasteiger partial charge >= 0.3 is 0 Å². The molecule has 0 bridgehead atoms. The van der Waals surface area contributed by atoms with E-state index in [2.05, 4.69) is 22.8 Å². The van der Waals surface area contributed by atoms with Gasteiger partial charge in [-0.3, -0.25) is 14.2 Å². The number of carbonyl (C=O) groups is 1. The summed E-state index contributed by atoms with van der Waals surface area (Å²) < 4.78 is 59.5. The van der Waals surface area contributed by atoms with Crippen molar-refractivity contribution in [2.75, 3.05) is 35.3 Å². The van der Waals surface area contributed by atoms with Crippen LogP contribution in [-0.4, -0.2) is 54.1 Å². The number of hydrogen-bond acceptors (Lipinski definition) is 8. The molecule has 0 unspecified atom stereocenters. The number of carbonyl (C=O) groups excluding carboxylic acids is 1. The van der Waals surface area contributed by atoms with Gasteiger partial charge in [0.05, 0.1) is 43.0 Å². The Morgan fingerprint density at radius 1 is 0.829 bits per heavy atom. The molecule has 4 aromatic rings. The van der Waals surface area contributed by atoms with E-state index in [1.807, 2.05) is 0 Å². The molecule has 4 rings (SSSR count). The zero-order valence-corrected chi connectivity index (χ0v) is 22.2. The third kappa shape index (κ3) is 8.07. The molecule has 35 heavy (non-hydrogen) atoms. The molecule has 10 nitrogen and oxygen atoms in total. The maximum Gasteiger partial charge on any atom is 0.229 e. The molecular weight excluding hydrogens is 515 g/mol. The Kier molecular flexibility index (Phi) is 9.84. The van der Waals surface area contributed by atoms with Crippen molar-refractivity contribution in [2.24, 2.45) is 0 Å². The van der Waals surface area contributed by atoms with Gasteiger partial charge < -0.3 is 13.9 Å². The van der Waals surface area contributed by atoms with Gasteiger partial charge in [-0.05, 0) is 49.2 Å². The van der Waals surface area contributed by atoms with E-state index in [0.717, 1.165) is 21.1 Å². The van der Waals surface area contributed by atoms with Crippen molar-refractivity contribution in [2.45, 2.75) is 6.61 Å². The summed E-state index contributed by atoms with van der Waals surface area (Å²) in [5, 5.41) is 10.4. The van der Waals surface area contributed by atoms with E-state index in [1.54, 1.807) is 30.3 Å². The van der Waals surface area contributed by atoms with Crippen molar-refractivity contribution in [1.82, 2.24) is 0 Å². The molecule has 2 heterocycles. The zero-order valence-electron chi connectivity index (χ0n) is 19.5. The highest BCUT2D eigenvalue weighted by molar-refractivity contribution is 7.92. The summed E-state index contributed by atoms with van der Waals surface area (Å²) in [4.78, 5) is 10.7. The zero-order chi connectivity index (χ0) is 26.2. The minimum atomic E-state index is -3.36. The highest BCUT2D eigenvalue weighted by Crippen LogP contribution is 2.29. The van der Waals surface area contributed by atoms with Gasteiger partial charge in [-0.25, -0.2) is 16.8 Å². The minimum Gasteiger partial charge on any atom is -0.462 e. The van der Waals surface area contributed by atoms with Gasteiger partial charge in [0.25, 0.3) is 0 Å². The van der Waals surface area contributed by atoms with Crippen molar-refractivity contribution < 1.29 is 35.6 Å². The van der Waals surface area contributed by atoms with Gasteiger partial charge in [-0.1, -0.05) is 6.07 Å². The van der Waals surface area contributed by atoms with Crippen LogP contribution in [0.25, 0.3) is 21.9 Å². The normalized spacial score (nSPS) is 11.2. The molecule has 3 N–H and O–H groups in total. The standard InChI is InChI=1S/C10H11NO4S.C10H9NO4S.C2H7P/c2*1-16(13,14)11-9-3-2-7(6-12)8-4-5-15-10(8)9;1-3-2/h2-5,11-12H,6H2,1H3;2-6,11H,1H3;3H,1-2H3. The Morgan fingerprint density at radius 2 is 1.29 bits per heavy atom. The summed E-state index contributed by atoms with van der Waals surface area (Å²) in [6.07, 6.45) is 5.68. The second-order valence-electron chi connectivity index (χ2n) is 7.33. The molecule has 0 saturated heterocycles. The van der Waals surface area contributed by atoms with Gasteiger partial charge in [0.1, 0.15) is 0 Å². The Bertz CT molecular complexity index is 1510. The lowest BCUT2D eigenvalue weighted by atomic mass is 10.1. The first-order chi connectivity index (χ1) is 16.4. The lowest BCUT2D eigenvalue weighted by molar-refractivity contribution is 0.112. The molecule has 0 aliphatic heterocycles. The predicted molar refractivity (Wildman–Crippen MR) is 141 cm³/mol. The number of benzene rings is 2. The van der Waals surface area contributed by atoms with E-state index >= 15 is 0 Å². The minimum absolute atomic E-state index is 0.116. The summed E-state index contributed by atoms with van der Waals surface area (Å²) in [6.45, 7) is 4.19. The molecule has 2 aromatic carbocycles. The van der Waals surface area contributed by atoms with Crippen LogP contribution in [0, 0.1) is 0 Å². The summed E-state index contributed by atoms with van der Waals surface area (Å²) in [5.41, 5.74) is 2.64. The van der Waals surface area contributed by atoms with E-state index in [4.69, 9.17) is 13.9 Å². The number of aliphatic hydroxyl groups excluding tert-OH is 1. The number of anilines is 2. The first kappa shape index (κ1) is 28.3. The van der Waals surface area contributed by atoms with Crippen molar-refractivity contribution in [3.63, 3.8) is 0 Å². The number of nitrogens with one attached hydrogen (secondary N) is 2. The molecule has 0 aliphatic carbocycles. The number of rotatable bonds is 6. The SMILES string of the molecule is CPC.CS(=O)(=O)Nc1ccc(C=O)c2ccoc12.CS(=O)(=O)Nc1ccc(CO)c2ccoc12. The maximum absolute atomic E-state index is 11.1. The van der Waals surface area contributed by atoms with Crippen LogP contribution in [0.3, 0.4) is 0 Å². The molecule has 0 spiro atoms. The second kappa shape index (κ2) is 12.2. The van der Waals surface area contributed by atoms with Crippen LogP contribution < -0.4 is 9.44 Å². The fourth-order valence-electron chi connectivity index (χ4n) is 3.00. The smallest absolute Gasteiger partial charge is 0.229 e. The average Bonchev–Trinajstić information content (AvgIpc) is 3.44. The number of sulfonamides is 2. The molecule has 0 fully saturated rings. The number of aldehydes is 1. The van der Waals surface area contributed by atoms with Crippen molar-refractivity contribution >= 4 is 68.2 Å². The van der Waals surface area contributed by atoms with Gasteiger partial charge in [-0.2, -0.15) is 0 Å². The Balaban J connectivity index is 0.000000222. The number of aliphatic hydroxyl groups is 1. The lowest BCUT2D eigenvalue weighted by Gasteiger charge is -2.06. The van der Waals surface area contributed by atoms with Crippen molar-refractivity contribution in [3.05, 3.63) is 60.1 Å². The van der Waals surface area contributed by atoms with E-state index in [9.17, 15) is 21.6 Å². The fourth-order valence-corrected chi connectivity index (χ4v) is 4.13. The quantitative estimate of drug-likeness (QED) is 0.245. The van der Waals surface area contributed by atoms with E-state index in [1.165, 1.54) is 18.6 Å². The van der Waals surface area contributed by atoms with Crippen LogP contribution >= 0.6 is 8.58 Å². The van der Waals surface area contributed by atoms with Crippen molar-refractivity contribution in [1.29, 1.82) is 0 Å². The van der Waals surface area contributed by atoms with Gasteiger partial charge in [-0.15, -0.1) is 8.58 Å². The van der Waals surface area contributed by atoms with Crippen LogP contribution in [0.1, 0.15) is 15.9 Å². The van der Waals surface area contributed by atoms with Crippen LogP contribution in [0.4, 0.5) is 11.4 Å². The number of fused-ring (bicyclic) bond motifs is 2. The molecule has 0 amide bonds. The fraction of sp³-hybridized carbons (Fsp3) is 0.227. The lowest BCUT2D eigenvalue weighted by Crippen LogP contribution is -2.09. The summed E-state index contributed by atoms with van der Waals surface area (Å²) >= 11 is 0. The molecule has 0 aliphatic rings. The third-order valence-corrected chi connectivity index (χ3v) is 5.43. The summed E-state index contributed by atoms with van der Waals surface area (Å²) in [5.74, 6) is 0. The number of hydrogen-bond donors (Lipinski definition) is 3. The predicted octanol–water partition coefficient (Wildman–Crippen LogP) is 3.84. The molecule has 0 radical (unpaired) electrons. The van der Waals surface area contributed by atoms with Gasteiger partial charge in [0.15, 0.2) is 17.5 Å². The summed E-state index contributed by atoms with van der Waals surface area (Å²) in [6, 6.07) is 9.57. The first-order valence-electron chi connectivity index (χ1n) is 10.0. The molecule has 190 valence electrons. The molecule has 13 heteroatoms. The highest BCUT2D eigenvalue weighted by Gasteiger charge is 2.12. The van der Waals surface area contributed by atoms with E-state index < -0.39 is 20.0 Å². The molecule has 0 atom stereocenters. The Morgan fingerprint density at radius 3 is 1.74 bits per heavy atom. The van der Waals surface area contributed by atoms with E-state index in [-0.39, 0.29) is 6.61 Å². The molecule has 2 aromatic heterocycles. The number of furan rings is 2. The highest BCUT2D eigenvalue weighted by atomic mass is 32.2. The maximum atomic E-state index is 11.1. The molecule has 0 saturated carbocycles.